The second kappa shape index (κ2) is 7.09. The van der Waals surface area contributed by atoms with Gasteiger partial charge in [-0.05, 0) is 37.6 Å². The summed E-state index contributed by atoms with van der Waals surface area (Å²) in [5.41, 5.74) is 1.77. The maximum atomic E-state index is 12.9. The van der Waals surface area contributed by atoms with Gasteiger partial charge in [-0.25, -0.2) is 4.39 Å². The van der Waals surface area contributed by atoms with Crippen LogP contribution in [0.5, 0.6) is 11.5 Å². The van der Waals surface area contributed by atoms with E-state index in [4.69, 9.17) is 4.74 Å². The number of rotatable bonds is 6. The number of halogens is 1. The molecule has 0 heterocycles. The van der Waals surface area contributed by atoms with Gasteiger partial charge in [-0.3, -0.25) is 0 Å². The molecule has 2 N–H and O–H groups in total. The lowest BCUT2D eigenvalue weighted by Gasteiger charge is -2.16. The summed E-state index contributed by atoms with van der Waals surface area (Å²) >= 11 is 0. The summed E-state index contributed by atoms with van der Waals surface area (Å²) in [6.45, 7) is 4.89. The van der Waals surface area contributed by atoms with E-state index in [0.717, 1.165) is 11.1 Å². The number of phenols is 1. The van der Waals surface area contributed by atoms with Crippen LogP contribution < -0.4 is 10.1 Å². The average Bonchev–Trinajstić information content (AvgIpc) is 2.49. The van der Waals surface area contributed by atoms with Gasteiger partial charge in [-0.15, -0.1) is 0 Å². The molecule has 2 aromatic carbocycles. The van der Waals surface area contributed by atoms with Crippen LogP contribution in [0, 0.1) is 5.82 Å². The first-order valence-electron chi connectivity index (χ1n) is 7.04. The second-order valence-electron chi connectivity index (χ2n) is 4.85. The Balaban J connectivity index is 2.02. The van der Waals surface area contributed by atoms with Crippen LogP contribution in [0.1, 0.15) is 31.0 Å². The van der Waals surface area contributed by atoms with Crippen LogP contribution in [0.25, 0.3) is 0 Å². The van der Waals surface area contributed by atoms with Crippen molar-refractivity contribution in [3.05, 3.63) is 59.4 Å². The summed E-state index contributed by atoms with van der Waals surface area (Å²) in [6.07, 6.45) is 0. The van der Waals surface area contributed by atoms with Gasteiger partial charge in [0.1, 0.15) is 5.82 Å². The Hall–Kier alpha value is -2.07. The maximum Gasteiger partial charge on any atom is 0.162 e. The molecule has 21 heavy (non-hydrogen) atoms. The summed E-state index contributed by atoms with van der Waals surface area (Å²) in [5.74, 6) is 0.414. The van der Waals surface area contributed by atoms with Crippen molar-refractivity contribution in [1.82, 2.24) is 5.32 Å². The van der Waals surface area contributed by atoms with E-state index in [1.165, 1.54) is 12.1 Å². The molecule has 2 rings (SSSR count). The smallest absolute Gasteiger partial charge is 0.162 e. The summed E-state index contributed by atoms with van der Waals surface area (Å²) < 4.78 is 18.3. The normalized spacial score (nSPS) is 12.1. The molecule has 0 bridgehead atoms. The van der Waals surface area contributed by atoms with E-state index < -0.39 is 0 Å². The zero-order valence-electron chi connectivity index (χ0n) is 12.3. The molecule has 1 unspecified atom stereocenters. The lowest BCUT2D eigenvalue weighted by atomic mass is 10.1. The monoisotopic (exact) mass is 289 g/mol. The third-order valence-corrected chi connectivity index (χ3v) is 3.35. The van der Waals surface area contributed by atoms with Gasteiger partial charge < -0.3 is 15.2 Å². The molecule has 0 amide bonds. The topological polar surface area (TPSA) is 41.5 Å². The van der Waals surface area contributed by atoms with Gasteiger partial charge in [-0.2, -0.15) is 0 Å². The van der Waals surface area contributed by atoms with E-state index in [1.807, 2.05) is 26.0 Å². The third kappa shape index (κ3) is 3.95. The second-order valence-corrected chi connectivity index (χ2v) is 4.85. The van der Waals surface area contributed by atoms with Crippen molar-refractivity contribution in [2.75, 3.05) is 6.61 Å². The summed E-state index contributed by atoms with van der Waals surface area (Å²) in [6, 6.07) is 11.9. The highest BCUT2D eigenvalue weighted by molar-refractivity contribution is 5.45. The van der Waals surface area contributed by atoms with Crippen LogP contribution in [0.2, 0.25) is 0 Å². The largest absolute Gasteiger partial charge is 0.504 e. The molecule has 0 aliphatic carbocycles. The Morgan fingerprint density at radius 1 is 1.19 bits per heavy atom. The number of para-hydroxylation sites is 1. The lowest BCUT2D eigenvalue weighted by Crippen LogP contribution is -2.18. The van der Waals surface area contributed by atoms with Crippen molar-refractivity contribution >= 4 is 0 Å². The molecule has 3 nitrogen and oxygen atoms in total. The predicted molar refractivity (Wildman–Crippen MR) is 80.9 cm³/mol. The first-order valence-corrected chi connectivity index (χ1v) is 7.04. The Labute approximate surface area is 124 Å². The van der Waals surface area contributed by atoms with E-state index in [-0.39, 0.29) is 17.6 Å². The SMILES string of the molecule is CCOc1cccc(CNC(C)c2ccc(F)cc2)c1O. The van der Waals surface area contributed by atoms with Crippen LogP contribution in [0.3, 0.4) is 0 Å². The van der Waals surface area contributed by atoms with Gasteiger partial charge in [-0.1, -0.05) is 24.3 Å². The number of aromatic hydroxyl groups is 1. The summed E-state index contributed by atoms with van der Waals surface area (Å²) in [7, 11) is 0. The van der Waals surface area contributed by atoms with Gasteiger partial charge in [0, 0.05) is 18.2 Å². The standard InChI is InChI=1S/C17H20FNO2/c1-3-21-16-6-4-5-14(17(16)20)11-19-12(2)13-7-9-15(18)10-8-13/h4-10,12,19-20H,3,11H2,1-2H3. The number of ether oxygens (including phenoxy) is 1. The molecular formula is C17H20FNO2. The Kier molecular flexibility index (Phi) is 5.17. The molecule has 0 aliphatic heterocycles. The van der Waals surface area contributed by atoms with Crippen LogP contribution in [-0.2, 0) is 6.54 Å². The molecule has 112 valence electrons. The Bertz CT molecular complexity index is 584. The fourth-order valence-electron chi connectivity index (χ4n) is 2.11. The number of hydrogen-bond donors (Lipinski definition) is 2. The molecule has 0 saturated carbocycles. The van der Waals surface area contributed by atoms with E-state index in [0.29, 0.717) is 18.9 Å². The minimum absolute atomic E-state index is 0.0562. The summed E-state index contributed by atoms with van der Waals surface area (Å²) in [5, 5.41) is 13.4. The van der Waals surface area contributed by atoms with Crippen molar-refractivity contribution in [3.8, 4) is 11.5 Å². The quantitative estimate of drug-likeness (QED) is 0.850. The minimum atomic E-state index is -0.243. The van der Waals surface area contributed by atoms with Crippen LogP contribution in [0.15, 0.2) is 42.5 Å². The predicted octanol–water partition coefficient (Wildman–Crippen LogP) is 3.78. The molecule has 0 saturated heterocycles. The fourth-order valence-corrected chi connectivity index (χ4v) is 2.11. The molecule has 0 spiro atoms. The molecule has 0 radical (unpaired) electrons. The summed E-state index contributed by atoms with van der Waals surface area (Å²) in [4.78, 5) is 0. The number of hydrogen-bond acceptors (Lipinski definition) is 3. The maximum absolute atomic E-state index is 12.9. The van der Waals surface area contributed by atoms with Gasteiger partial charge >= 0.3 is 0 Å². The minimum Gasteiger partial charge on any atom is -0.504 e. The number of benzene rings is 2. The molecule has 4 heteroatoms. The third-order valence-electron chi connectivity index (χ3n) is 3.35. The molecular weight excluding hydrogens is 269 g/mol. The van der Waals surface area contributed by atoms with Crippen molar-refractivity contribution in [1.29, 1.82) is 0 Å². The van der Waals surface area contributed by atoms with Crippen molar-refractivity contribution < 1.29 is 14.2 Å². The van der Waals surface area contributed by atoms with Gasteiger partial charge in [0.25, 0.3) is 0 Å². The average molecular weight is 289 g/mol. The molecule has 0 fully saturated rings. The van der Waals surface area contributed by atoms with Crippen molar-refractivity contribution in [2.24, 2.45) is 0 Å². The van der Waals surface area contributed by atoms with E-state index in [2.05, 4.69) is 5.32 Å². The lowest BCUT2D eigenvalue weighted by molar-refractivity contribution is 0.316. The zero-order chi connectivity index (χ0) is 15.2. The van der Waals surface area contributed by atoms with Crippen LogP contribution in [0.4, 0.5) is 4.39 Å². The van der Waals surface area contributed by atoms with Crippen molar-refractivity contribution in [3.63, 3.8) is 0 Å². The molecule has 0 aliphatic rings. The van der Waals surface area contributed by atoms with Gasteiger partial charge in [0.05, 0.1) is 6.61 Å². The fraction of sp³-hybridized carbons (Fsp3) is 0.294. The van der Waals surface area contributed by atoms with E-state index >= 15 is 0 Å². The number of nitrogens with one attached hydrogen (secondary N) is 1. The first kappa shape index (κ1) is 15.3. The van der Waals surface area contributed by atoms with Crippen LogP contribution >= 0.6 is 0 Å². The Morgan fingerprint density at radius 2 is 1.90 bits per heavy atom. The van der Waals surface area contributed by atoms with E-state index in [1.54, 1.807) is 18.2 Å². The van der Waals surface area contributed by atoms with Gasteiger partial charge in [0.2, 0.25) is 0 Å². The van der Waals surface area contributed by atoms with E-state index in [9.17, 15) is 9.50 Å². The highest BCUT2D eigenvalue weighted by Crippen LogP contribution is 2.30. The first-order chi connectivity index (χ1) is 10.1. The highest BCUT2D eigenvalue weighted by Gasteiger charge is 2.10. The molecule has 2 aromatic rings. The molecule has 1 atom stereocenters. The van der Waals surface area contributed by atoms with Gasteiger partial charge in [0.15, 0.2) is 11.5 Å². The van der Waals surface area contributed by atoms with Crippen molar-refractivity contribution in [2.45, 2.75) is 26.4 Å². The number of phenolic OH excluding ortho intramolecular Hbond substituents is 1. The highest BCUT2D eigenvalue weighted by atomic mass is 19.1. The molecule has 0 aromatic heterocycles. The Morgan fingerprint density at radius 3 is 2.57 bits per heavy atom. The van der Waals surface area contributed by atoms with Crippen LogP contribution in [-0.4, -0.2) is 11.7 Å². The zero-order valence-corrected chi connectivity index (χ0v) is 12.3.